The third kappa shape index (κ3) is 3.73. The Balaban J connectivity index is 1.68. The van der Waals surface area contributed by atoms with Crippen LogP contribution in [0, 0.1) is 0 Å². The molecule has 2 aliphatic heterocycles. The van der Waals surface area contributed by atoms with Crippen LogP contribution in [0.25, 0.3) is 0 Å². The smallest absolute Gasteiger partial charge is 0.255 e. The second-order valence-electron chi connectivity index (χ2n) is 6.09. The molecule has 2 aliphatic rings. The Kier molecular flexibility index (Phi) is 5.42. The SMILES string of the molecule is CCN1CCN(C(=O)c2cncc(C(=O)N3CCOCC3)c2)CC1. The highest BCUT2D eigenvalue weighted by atomic mass is 16.5. The van der Waals surface area contributed by atoms with Gasteiger partial charge in [0.1, 0.15) is 0 Å². The molecular formula is C17H24N4O3. The molecular weight excluding hydrogens is 308 g/mol. The molecule has 0 unspecified atom stereocenters. The molecule has 2 fully saturated rings. The van der Waals surface area contributed by atoms with Crippen molar-refractivity contribution in [1.82, 2.24) is 19.7 Å². The zero-order chi connectivity index (χ0) is 16.9. The number of morpholine rings is 1. The van der Waals surface area contributed by atoms with Gasteiger partial charge in [-0.1, -0.05) is 6.92 Å². The molecule has 0 aliphatic carbocycles. The van der Waals surface area contributed by atoms with Gasteiger partial charge in [-0.15, -0.1) is 0 Å². The van der Waals surface area contributed by atoms with Gasteiger partial charge in [-0.25, -0.2) is 0 Å². The van der Waals surface area contributed by atoms with Gasteiger partial charge in [-0.2, -0.15) is 0 Å². The number of hydrogen-bond donors (Lipinski definition) is 0. The first-order valence-electron chi connectivity index (χ1n) is 8.52. The summed E-state index contributed by atoms with van der Waals surface area (Å²) in [5.41, 5.74) is 0.953. The first-order valence-corrected chi connectivity index (χ1v) is 8.52. The maximum atomic E-state index is 12.7. The topological polar surface area (TPSA) is 66.0 Å². The summed E-state index contributed by atoms with van der Waals surface area (Å²) in [7, 11) is 0. The summed E-state index contributed by atoms with van der Waals surface area (Å²) < 4.78 is 5.27. The molecule has 24 heavy (non-hydrogen) atoms. The van der Waals surface area contributed by atoms with E-state index in [0.717, 1.165) is 19.6 Å². The van der Waals surface area contributed by atoms with Gasteiger partial charge in [-0.05, 0) is 12.6 Å². The molecule has 0 atom stereocenters. The highest BCUT2D eigenvalue weighted by Gasteiger charge is 2.24. The number of aromatic nitrogens is 1. The molecule has 7 heteroatoms. The van der Waals surface area contributed by atoms with Crippen LogP contribution in [0.15, 0.2) is 18.5 Å². The van der Waals surface area contributed by atoms with Gasteiger partial charge in [0.15, 0.2) is 0 Å². The van der Waals surface area contributed by atoms with Crippen LogP contribution in [0.1, 0.15) is 27.6 Å². The van der Waals surface area contributed by atoms with Crippen molar-refractivity contribution in [1.29, 1.82) is 0 Å². The van der Waals surface area contributed by atoms with Gasteiger partial charge in [0.05, 0.1) is 24.3 Å². The number of carbonyl (C=O) groups is 2. The van der Waals surface area contributed by atoms with Crippen LogP contribution < -0.4 is 0 Å². The molecule has 0 N–H and O–H groups in total. The lowest BCUT2D eigenvalue weighted by atomic mass is 10.1. The van der Waals surface area contributed by atoms with Crippen LogP contribution in [-0.2, 0) is 4.74 Å². The lowest BCUT2D eigenvalue weighted by molar-refractivity contribution is 0.0302. The fourth-order valence-electron chi connectivity index (χ4n) is 3.07. The summed E-state index contributed by atoms with van der Waals surface area (Å²) in [5, 5.41) is 0. The standard InChI is InChI=1S/C17H24N4O3/c1-2-19-3-5-20(6-4-19)16(22)14-11-15(13-18-12-14)17(23)21-7-9-24-10-8-21/h11-13H,2-10H2,1H3. The minimum absolute atomic E-state index is 0.0464. The van der Waals surface area contributed by atoms with Crippen molar-refractivity contribution in [3.8, 4) is 0 Å². The van der Waals surface area contributed by atoms with E-state index in [9.17, 15) is 9.59 Å². The average molecular weight is 332 g/mol. The molecule has 0 aromatic carbocycles. The Bertz CT molecular complexity index is 593. The normalized spacial score (nSPS) is 19.4. The third-order valence-corrected chi connectivity index (χ3v) is 4.64. The van der Waals surface area contributed by atoms with Crippen LogP contribution in [0.5, 0.6) is 0 Å². The number of piperazine rings is 1. The van der Waals surface area contributed by atoms with Crippen molar-refractivity contribution in [3.05, 3.63) is 29.6 Å². The van der Waals surface area contributed by atoms with Gasteiger partial charge < -0.3 is 19.4 Å². The maximum absolute atomic E-state index is 12.7. The molecule has 130 valence electrons. The van der Waals surface area contributed by atoms with Crippen LogP contribution in [-0.4, -0.2) is 90.5 Å². The predicted molar refractivity (Wildman–Crippen MR) is 89.0 cm³/mol. The van der Waals surface area contributed by atoms with E-state index in [-0.39, 0.29) is 11.8 Å². The second-order valence-corrected chi connectivity index (χ2v) is 6.09. The van der Waals surface area contributed by atoms with Gasteiger partial charge >= 0.3 is 0 Å². The number of nitrogens with zero attached hydrogens (tertiary/aromatic N) is 4. The summed E-state index contributed by atoms with van der Waals surface area (Å²) in [6, 6.07) is 1.67. The largest absolute Gasteiger partial charge is 0.378 e. The number of rotatable bonds is 3. The highest BCUT2D eigenvalue weighted by molar-refractivity contribution is 5.99. The molecule has 2 amide bonds. The first-order chi connectivity index (χ1) is 11.7. The van der Waals surface area contributed by atoms with E-state index in [1.165, 1.54) is 6.20 Å². The molecule has 3 rings (SSSR count). The van der Waals surface area contributed by atoms with Crippen molar-refractivity contribution in [2.75, 3.05) is 59.0 Å². The maximum Gasteiger partial charge on any atom is 0.255 e. The quantitative estimate of drug-likeness (QED) is 0.798. The minimum Gasteiger partial charge on any atom is -0.378 e. The van der Waals surface area contributed by atoms with Crippen LogP contribution >= 0.6 is 0 Å². The third-order valence-electron chi connectivity index (χ3n) is 4.64. The second kappa shape index (κ2) is 7.72. The van der Waals surface area contributed by atoms with Gasteiger partial charge in [0.2, 0.25) is 0 Å². The molecule has 1 aromatic heterocycles. The van der Waals surface area contributed by atoms with Crippen molar-refractivity contribution >= 4 is 11.8 Å². The Hall–Kier alpha value is -1.99. The molecule has 2 saturated heterocycles. The van der Waals surface area contributed by atoms with E-state index >= 15 is 0 Å². The number of likely N-dealkylation sites (N-methyl/N-ethyl adjacent to an activating group) is 1. The number of carbonyl (C=O) groups excluding carboxylic acids is 2. The summed E-state index contributed by atoms with van der Waals surface area (Å²) in [4.78, 5) is 35.2. The molecule has 0 spiro atoms. The lowest BCUT2D eigenvalue weighted by Gasteiger charge is -2.34. The van der Waals surface area contributed by atoms with E-state index in [1.807, 2.05) is 4.90 Å². The van der Waals surface area contributed by atoms with Crippen molar-refractivity contribution in [2.24, 2.45) is 0 Å². The monoisotopic (exact) mass is 332 g/mol. The van der Waals surface area contributed by atoms with Gasteiger partial charge in [-0.3, -0.25) is 14.6 Å². The van der Waals surface area contributed by atoms with Crippen LogP contribution in [0.4, 0.5) is 0 Å². The van der Waals surface area contributed by atoms with Gasteiger partial charge in [0, 0.05) is 51.7 Å². The predicted octanol–water partition coefficient (Wildman–Crippen LogP) is 0.332. The van der Waals surface area contributed by atoms with Gasteiger partial charge in [0.25, 0.3) is 11.8 Å². The zero-order valence-corrected chi connectivity index (χ0v) is 14.1. The molecule has 0 bridgehead atoms. The first kappa shape index (κ1) is 16.9. The average Bonchev–Trinajstić information content (AvgIpc) is 2.67. The molecule has 0 radical (unpaired) electrons. The Morgan fingerprint density at radius 2 is 1.50 bits per heavy atom. The van der Waals surface area contributed by atoms with E-state index in [1.54, 1.807) is 17.2 Å². The summed E-state index contributed by atoms with van der Waals surface area (Å²) in [5.74, 6) is -0.133. The minimum atomic E-state index is -0.0868. The zero-order valence-electron chi connectivity index (χ0n) is 14.1. The Morgan fingerprint density at radius 3 is 2.04 bits per heavy atom. The number of hydrogen-bond acceptors (Lipinski definition) is 5. The molecule has 0 saturated carbocycles. The van der Waals surface area contributed by atoms with Crippen LogP contribution in [0.3, 0.4) is 0 Å². The van der Waals surface area contributed by atoms with E-state index in [0.29, 0.717) is 50.5 Å². The fourth-order valence-corrected chi connectivity index (χ4v) is 3.07. The summed E-state index contributed by atoms with van der Waals surface area (Å²) in [6.45, 7) is 8.62. The van der Waals surface area contributed by atoms with Crippen LogP contribution in [0.2, 0.25) is 0 Å². The van der Waals surface area contributed by atoms with Crippen molar-refractivity contribution in [2.45, 2.75) is 6.92 Å². The Labute approximate surface area is 142 Å². The number of ether oxygens (including phenoxy) is 1. The molecule has 3 heterocycles. The number of amides is 2. The summed E-state index contributed by atoms with van der Waals surface area (Å²) >= 11 is 0. The van der Waals surface area contributed by atoms with E-state index in [2.05, 4.69) is 16.8 Å². The summed E-state index contributed by atoms with van der Waals surface area (Å²) in [6.07, 6.45) is 3.08. The van der Waals surface area contributed by atoms with Crippen molar-refractivity contribution < 1.29 is 14.3 Å². The highest BCUT2D eigenvalue weighted by Crippen LogP contribution is 2.12. The lowest BCUT2D eigenvalue weighted by Crippen LogP contribution is -2.48. The van der Waals surface area contributed by atoms with E-state index in [4.69, 9.17) is 4.74 Å². The Morgan fingerprint density at radius 1 is 0.958 bits per heavy atom. The van der Waals surface area contributed by atoms with E-state index < -0.39 is 0 Å². The van der Waals surface area contributed by atoms with Crippen molar-refractivity contribution in [3.63, 3.8) is 0 Å². The fraction of sp³-hybridized carbons (Fsp3) is 0.588. The molecule has 1 aromatic rings. The number of pyridine rings is 1. The molecule has 7 nitrogen and oxygen atoms in total.